The molecule has 0 heterocycles. The summed E-state index contributed by atoms with van der Waals surface area (Å²) in [6.07, 6.45) is -1.28. The highest BCUT2D eigenvalue weighted by Gasteiger charge is 2.37. The van der Waals surface area contributed by atoms with E-state index in [-0.39, 0.29) is 6.61 Å². The van der Waals surface area contributed by atoms with Gasteiger partial charge >= 0.3 is 11.9 Å². The first kappa shape index (κ1) is 12.9. The Kier molecular flexibility index (Phi) is 4.56. The number of hydrogen-bond acceptors (Lipinski definition) is 5. The van der Waals surface area contributed by atoms with Crippen molar-refractivity contribution in [2.24, 2.45) is 0 Å². The molecule has 0 saturated carbocycles. The zero-order valence-electron chi connectivity index (χ0n) is 8.86. The van der Waals surface area contributed by atoms with Gasteiger partial charge in [0.1, 0.15) is 5.60 Å². The molecule has 0 aliphatic rings. The van der Waals surface area contributed by atoms with Crippen LogP contribution < -0.4 is 0 Å². The summed E-state index contributed by atoms with van der Waals surface area (Å²) in [5.74, 6) is -1.37. The minimum absolute atomic E-state index is 0.173. The van der Waals surface area contributed by atoms with E-state index in [0.29, 0.717) is 0 Å². The Bertz CT molecular complexity index is 216. The van der Waals surface area contributed by atoms with E-state index in [1.807, 2.05) is 0 Å². The largest absolute Gasteiger partial charge is 0.463 e. The molecule has 0 spiro atoms. The summed E-state index contributed by atoms with van der Waals surface area (Å²) in [6.45, 7) is 5.72. The van der Waals surface area contributed by atoms with Crippen molar-refractivity contribution in [2.45, 2.75) is 39.4 Å². The maximum atomic E-state index is 11.3. The maximum absolute atomic E-state index is 11.3. The predicted molar refractivity (Wildman–Crippen MR) is 48.5 cm³/mol. The molecule has 0 aliphatic carbocycles. The topological polar surface area (TPSA) is 72.8 Å². The van der Waals surface area contributed by atoms with Crippen LogP contribution in [0.1, 0.15) is 27.7 Å². The molecule has 5 heteroatoms. The molecule has 0 aromatic carbocycles. The number of hydrogen-bond donors (Lipinski definition) is 1. The van der Waals surface area contributed by atoms with Crippen LogP contribution in [0.25, 0.3) is 0 Å². The Morgan fingerprint density at radius 2 is 1.93 bits per heavy atom. The molecule has 1 N–H and O–H groups in total. The summed E-state index contributed by atoms with van der Waals surface area (Å²) in [4.78, 5) is 21.9. The number of carbonyl (C=O) groups is 2. The Balaban J connectivity index is 4.55. The van der Waals surface area contributed by atoms with Gasteiger partial charge in [0, 0.05) is 6.92 Å². The molecule has 0 saturated heterocycles. The van der Waals surface area contributed by atoms with Gasteiger partial charge < -0.3 is 14.6 Å². The molecular formula is C9H16O5. The number of aliphatic hydroxyl groups is 1. The highest BCUT2D eigenvalue weighted by atomic mass is 16.6. The molecule has 1 atom stereocenters. The van der Waals surface area contributed by atoms with E-state index in [4.69, 9.17) is 0 Å². The summed E-state index contributed by atoms with van der Waals surface area (Å²) in [6, 6.07) is 0. The summed E-state index contributed by atoms with van der Waals surface area (Å²) in [5.41, 5.74) is -1.45. The third-order valence-corrected chi connectivity index (χ3v) is 1.43. The molecule has 82 valence electrons. The fourth-order valence-corrected chi connectivity index (χ4v) is 0.865. The Morgan fingerprint density at radius 3 is 2.21 bits per heavy atom. The summed E-state index contributed by atoms with van der Waals surface area (Å²) >= 11 is 0. The summed E-state index contributed by atoms with van der Waals surface area (Å²) < 4.78 is 9.32. The van der Waals surface area contributed by atoms with Crippen molar-refractivity contribution in [3.05, 3.63) is 0 Å². The molecule has 0 aromatic heterocycles. The Morgan fingerprint density at radius 1 is 1.43 bits per heavy atom. The van der Waals surface area contributed by atoms with Crippen molar-refractivity contribution in [3.63, 3.8) is 0 Å². The van der Waals surface area contributed by atoms with Gasteiger partial charge in [0.05, 0.1) is 6.61 Å². The lowest BCUT2D eigenvalue weighted by Gasteiger charge is -2.26. The molecule has 0 amide bonds. The van der Waals surface area contributed by atoms with Crippen LogP contribution in [0.15, 0.2) is 0 Å². The van der Waals surface area contributed by atoms with Crippen molar-refractivity contribution in [1.82, 2.24) is 0 Å². The second-order valence-electron chi connectivity index (χ2n) is 3.40. The van der Waals surface area contributed by atoms with Crippen LogP contribution in [0, 0.1) is 0 Å². The lowest BCUT2D eigenvalue weighted by Crippen LogP contribution is -2.46. The van der Waals surface area contributed by atoms with Gasteiger partial charge in [-0.2, -0.15) is 0 Å². The molecule has 14 heavy (non-hydrogen) atoms. The van der Waals surface area contributed by atoms with Crippen LogP contribution in [0.5, 0.6) is 0 Å². The zero-order chi connectivity index (χ0) is 11.4. The highest BCUT2D eigenvalue weighted by molar-refractivity contribution is 5.79. The number of carbonyl (C=O) groups excluding carboxylic acids is 2. The molecule has 0 unspecified atom stereocenters. The van der Waals surface area contributed by atoms with Crippen LogP contribution in [-0.4, -0.2) is 35.4 Å². The molecule has 0 aromatic rings. The van der Waals surface area contributed by atoms with Crippen LogP contribution in [-0.2, 0) is 19.1 Å². The number of rotatable bonds is 4. The zero-order valence-corrected chi connectivity index (χ0v) is 8.86. The van der Waals surface area contributed by atoms with Gasteiger partial charge in [-0.25, -0.2) is 4.79 Å². The van der Waals surface area contributed by atoms with E-state index in [1.54, 1.807) is 6.92 Å². The van der Waals surface area contributed by atoms with Gasteiger partial charge in [0.2, 0.25) is 6.10 Å². The minimum atomic E-state index is -1.45. The first-order valence-corrected chi connectivity index (χ1v) is 4.35. The van der Waals surface area contributed by atoms with Gasteiger partial charge in [0.15, 0.2) is 0 Å². The van der Waals surface area contributed by atoms with Crippen molar-refractivity contribution in [3.8, 4) is 0 Å². The fraction of sp³-hybridized carbons (Fsp3) is 0.778. The van der Waals surface area contributed by atoms with Crippen molar-refractivity contribution < 1.29 is 24.2 Å². The highest BCUT2D eigenvalue weighted by Crippen LogP contribution is 2.14. The van der Waals surface area contributed by atoms with Crippen LogP contribution >= 0.6 is 0 Å². The Labute approximate surface area is 83.0 Å². The lowest BCUT2D eigenvalue weighted by molar-refractivity contribution is -0.181. The quantitative estimate of drug-likeness (QED) is 0.664. The third kappa shape index (κ3) is 4.23. The SMILES string of the molecule is CCOC(=O)[C@H](OC(C)=O)C(C)(C)O. The predicted octanol–water partition coefficient (Wildman–Crippen LogP) is 0.252. The van der Waals surface area contributed by atoms with E-state index in [0.717, 1.165) is 6.92 Å². The first-order chi connectivity index (χ1) is 6.29. The Hall–Kier alpha value is -1.10. The first-order valence-electron chi connectivity index (χ1n) is 4.35. The van der Waals surface area contributed by atoms with Gasteiger partial charge in [-0.1, -0.05) is 0 Å². The van der Waals surface area contributed by atoms with Gasteiger partial charge in [-0.3, -0.25) is 4.79 Å². The molecule has 0 fully saturated rings. The van der Waals surface area contributed by atoms with E-state index in [2.05, 4.69) is 9.47 Å². The average molecular weight is 204 g/mol. The summed E-state index contributed by atoms with van der Waals surface area (Å²) in [5, 5.41) is 9.55. The molecule has 0 radical (unpaired) electrons. The fourth-order valence-electron chi connectivity index (χ4n) is 0.865. The van der Waals surface area contributed by atoms with E-state index in [9.17, 15) is 14.7 Å². The minimum Gasteiger partial charge on any atom is -0.463 e. The van der Waals surface area contributed by atoms with E-state index < -0.39 is 23.6 Å². The lowest BCUT2D eigenvalue weighted by atomic mass is 10.0. The molecular weight excluding hydrogens is 188 g/mol. The molecule has 0 rings (SSSR count). The summed E-state index contributed by atoms with van der Waals surface area (Å²) in [7, 11) is 0. The van der Waals surface area contributed by atoms with Gasteiger partial charge in [0.25, 0.3) is 0 Å². The van der Waals surface area contributed by atoms with Crippen molar-refractivity contribution in [1.29, 1.82) is 0 Å². The van der Waals surface area contributed by atoms with Crippen molar-refractivity contribution >= 4 is 11.9 Å². The van der Waals surface area contributed by atoms with Crippen LogP contribution in [0.4, 0.5) is 0 Å². The second-order valence-corrected chi connectivity index (χ2v) is 3.40. The smallest absolute Gasteiger partial charge is 0.350 e. The van der Waals surface area contributed by atoms with Gasteiger partial charge in [-0.05, 0) is 20.8 Å². The van der Waals surface area contributed by atoms with Crippen LogP contribution in [0.2, 0.25) is 0 Å². The molecule has 0 aliphatic heterocycles. The van der Waals surface area contributed by atoms with E-state index >= 15 is 0 Å². The number of ether oxygens (including phenoxy) is 2. The van der Waals surface area contributed by atoms with E-state index in [1.165, 1.54) is 13.8 Å². The normalized spacial score (nSPS) is 13.2. The standard InChI is InChI=1S/C9H16O5/c1-5-13-8(11)7(9(3,4)12)14-6(2)10/h7,12H,5H2,1-4H3/t7-/m0/s1. The molecule has 5 nitrogen and oxygen atoms in total. The number of esters is 2. The monoisotopic (exact) mass is 204 g/mol. The van der Waals surface area contributed by atoms with Crippen LogP contribution in [0.3, 0.4) is 0 Å². The second kappa shape index (κ2) is 4.95. The third-order valence-electron chi connectivity index (χ3n) is 1.43. The maximum Gasteiger partial charge on any atom is 0.350 e. The van der Waals surface area contributed by atoms with Gasteiger partial charge in [-0.15, -0.1) is 0 Å². The average Bonchev–Trinajstić information content (AvgIpc) is 1.98. The molecule has 0 bridgehead atoms. The van der Waals surface area contributed by atoms with Crippen molar-refractivity contribution in [2.75, 3.05) is 6.61 Å².